The molecule has 1 amide bonds. The summed E-state index contributed by atoms with van der Waals surface area (Å²) in [5, 5.41) is 6.55. The van der Waals surface area contributed by atoms with Crippen molar-refractivity contribution in [2.75, 3.05) is 13.7 Å². The zero-order valence-electron chi connectivity index (χ0n) is 11.7. The van der Waals surface area contributed by atoms with Gasteiger partial charge in [-0.1, -0.05) is 24.4 Å². The number of ether oxygens (including phenoxy) is 1. The maximum absolute atomic E-state index is 11.9. The molecular formula is C13H22ClN3O3. The number of aromatic nitrogens is 1. The van der Waals surface area contributed by atoms with E-state index in [1.54, 1.807) is 13.2 Å². The number of nitrogens with one attached hydrogen (secondary N) is 1. The number of rotatable bonds is 5. The standard InChI is InChI=1S/C13H21N3O3.ClH/c1-18-8-10-7-11(16-19-10)12(17)15-9-13(14)5-3-2-4-6-13;/h7H,2-6,8-9,14H2,1H3,(H,15,17);1H. The van der Waals surface area contributed by atoms with Crippen LogP contribution in [0.5, 0.6) is 0 Å². The minimum atomic E-state index is -0.271. The first-order valence-corrected chi connectivity index (χ1v) is 6.65. The molecule has 7 heteroatoms. The van der Waals surface area contributed by atoms with Gasteiger partial charge in [0.25, 0.3) is 5.91 Å². The molecule has 3 N–H and O–H groups in total. The van der Waals surface area contributed by atoms with Crippen molar-refractivity contribution in [2.24, 2.45) is 5.73 Å². The molecule has 2 rings (SSSR count). The summed E-state index contributed by atoms with van der Waals surface area (Å²) in [7, 11) is 1.56. The average Bonchev–Trinajstić information content (AvgIpc) is 2.86. The van der Waals surface area contributed by atoms with Crippen LogP contribution >= 0.6 is 12.4 Å². The Bertz CT molecular complexity index is 430. The average molecular weight is 304 g/mol. The molecule has 0 aromatic carbocycles. The summed E-state index contributed by atoms with van der Waals surface area (Å²) in [5.74, 6) is 0.286. The molecule has 0 bridgehead atoms. The van der Waals surface area contributed by atoms with E-state index >= 15 is 0 Å². The molecule has 1 aromatic rings. The number of nitrogens with two attached hydrogens (primary N) is 1. The quantitative estimate of drug-likeness (QED) is 0.863. The minimum absolute atomic E-state index is 0. The molecule has 1 aromatic heterocycles. The van der Waals surface area contributed by atoms with Crippen LogP contribution in [0.4, 0.5) is 0 Å². The maximum Gasteiger partial charge on any atom is 0.273 e. The van der Waals surface area contributed by atoms with Gasteiger partial charge in [0.1, 0.15) is 6.61 Å². The van der Waals surface area contributed by atoms with Crippen LogP contribution in [0.15, 0.2) is 10.6 Å². The van der Waals surface area contributed by atoms with Gasteiger partial charge in [-0.25, -0.2) is 0 Å². The van der Waals surface area contributed by atoms with Crippen LogP contribution < -0.4 is 11.1 Å². The molecule has 0 unspecified atom stereocenters. The van der Waals surface area contributed by atoms with E-state index in [0.29, 0.717) is 18.9 Å². The molecule has 114 valence electrons. The predicted molar refractivity (Wildman–Crippen MR) is 76.8 cm³/mol. The van der Waals surface area contributed by atoms with E-state index in [4.69, 9.17) is 15.0 Å². The Hall–Kier alpha value is -1.11. The van der Waals surface area contributed by atoms with Crippen LogP contribution in [0, 0.1) is 0 Å². The highest BCUT2D eigenvalue weighted by molar-refractivity contribution is 5.92. The summed E-state index contributed by atoms with van der Waals surface area (Å²) in [6, 6.07) is 1.59. The molecular weight excluding hydrogens is 282 g/mol. The van der Waals surface area contributed by atoms with E-state index in [1.807, 2.05) is 0 Å². The third kappa shape index (κ3) is 4.47. The fraction of sp³-hybridized carbons (Fsp3) is 0.692. The van der Waals surface area contributed by atoms with Gasteiger partial charge in [-0.3, -0.25) is 4.79 Å². The number of hydrogen-bond acceptors (Lipinski definition) is 5. The Kier molecular flexibility index (Phi) is 6.45. The lowest BCUT2D eigenvalue weighted by atomic mass is 9.82. The summed E-state index contributed by atoms with van der Waals surface area (Å²) < 4.78 is 9.88. The van der Waals surface area contributed by atoms with E-state index < -0.39 is 0 Å². The molecule has 1 aliphatic rings. The van der Waals surface area contributed by atoms with Gasteiger partial charge < -0.3 is 20.3 Å². The maximum atomic E-state index is 11.9. The zero-order valence-corrected chi connectivity index (χ0v) is 12.5. The van der Waals surface area contributed by atoms with Gasteiger partial charge in [0.2, 0.25) is 0 Å². The van der Waals surface area contributed by atoms with Crippen molar-refractivity contribution in [1.82, 2.24) is 10.5 Å². The predicted octanol–water partition coefficient (Wildman–Crippen LogP) is 1.63. The Balaban J connectivity index is 0.00000200. The molecule has 1 saturated carbocycles. The molecule has 0 aliphatic heterocycles. The van der Waals surface area contributed by atoms with Crippen molar-refractivity contribution in [1.29, 1.82) is 0 Å². The number of hydrogen-bond donors (Lipinski definition) is 2. The highest BCUT2D eigenvalue weighted by Crippen LogP contribution is 2.25. The Morgan fingerprint density at radius 1 is 1.50 bits per heavy atom. The largest absolute Gasteiger partial charge is 0.377 e. The van der Waals surface area contributed by atoms with Gasteiger partial charge in [-0.2, -0.15) is 0 Å². The van der Waals surface area contributed by atoms with Crippen molar-refractivity contribution in [3.8, 4) is 0 Å². The van der Waals surface area contributed by atoms with Crippen molar-refractivity contribution in [3.63, 3.8) is 0 Å². The summed E-state index contributed by atoms with van der Waals surface area (Å²) in [4.78, 5) is 11.9. The normalized spacial score (nSPS) is 17.3. The van der Waals surface area contributed by atoms with Crippen LogP contribution in [0.25, 0.3) is 0 Å². The van der Waals surface area contributed by atoms with E-state index in [2.05, 4.69) is 10.5 Å². The number of halogens is 1. The van der Waals surface area contributed by atoms with Gasteiger partial charge in [0, 0.05) is 25.3 Å². The molecule has 1 fully saturated rings. The van der Waals surface area contributed by atoms with E-state index in [1.165, 1.54) is 6.42 Å². The molecule has 6 nitrogen and oxygen atoms in total. The van der Waals surface area contributed by atoms with Crippen molar-refractivity contribution >= 4 is 18.3 Å². The second kappa shape index (κ2) is 7.61. The van der Waals surface area contributed by atoms with Crippen molar-refractivity contribution in [2.45, 2.75) is 44.2 Å². The fourth-order valence-corrected chi connectivity index (χ4v) is 2.41. The van der Waals surface area contributed by atoms with Crippen LogP contribution in [0.3, 0.4) is 0 Å². The summed E-state index contributed by atoms with van der Waals surface area (Å²) in [5.41, 5.74) is 6.26. The molecule has 0 atom stereocenters. The summed E-state index contributed by atoms with van der Waals surface area (Å²) in [6.07, 6.45) is 5.42. The van der Waals surface area contributed by atoms with Crippen molar-refractivity contribution < 1.29 is 14.1 Å². The Morgan fingerprint density at radius 2 is 2.20 bits per heavy atom. The topological polar surface area (TPSA) is 90.4 Å². The second-order valence-corrected chi connectivity index (χ2v) is 5.22. The van der Waals surface area contributed by atoms with Crippen LogP contribution in [-0.2, 0) is 11.3 Å². The molecule has 20 heavy (non-hydrogen) atoms. The van der Waals surface area contributed by atoms with Gasteiger partial charge >= 0.3 is 0 Å². The van der Waals surface area contributed by atoms with Gasteiger partial charge in [-0.05, 0) is 12.8 Å². The first-order valence-electron chi connectivity index (χ1n) is 6.65. The van der Waals surface area contributed by atoms with Crippen LogP contribution in [0.2, 0.25) is 0 Å². The van der Waals surface area contributed by atoms with Crippen molar-refractivity contribution in [3.05, 3.63) is 17.5 Å². The third-order valence-electron chi connectivity index (χ3n) is 3.53. The highest BCUT2D eigenvalue weighted by Gasteiger charge is 2.28. The number of amides is 1. The summed E-state index contributed by atoms with van der Waals surface area (Å²) >= 11 is 0. The van der Waals surface area contributed by atoms with E-state index in [9.17, 15) is 4.79 Å². The van der Waals surface area contributed by atoms with Gasteiger partial charge in [-0.15, -0.1) is 12.4 Å². The summed E-state index contributed by atoms with van der Waals surface area (Å²) in [6.45, 7) is 0.791. The number of carbonyl (C=O) groups is 1. The lowest BCUT2D eigenvalue weighted by Gasteiger charge is -2.33. The molecule has 0 saturated heterocycles. The molecule has 1 aliphatic carbocycles. The highest BCUT2D eigenvalue weighted by atomic mass is 35.5. The smallest absolute Gasteiger partial charge is 0.273 e. The first kappa shape index (κ1) is 16.9. The number of methoxy groups -OCH3 is 1. The Labute approximate surface area is 124 Å². The SMILES string of the molecule is COCc1cc(C(=O)NCC2(N)CCCCC2)no1.Cl. The monoisotopic (exact) mass is 303 g/mol. The van der Waals surface area contributed by atoms with Gasteiger partial charge in [0.05, 0.1) is 0 Å². The van der Waals surface area contributed by atoms with Crippen LogP contribution in [-0.4, -0.2) is 30.3 Å². The lowest BCUT2D eigenvalue weighted by Crippen LogP contribution is -2.51. The lowest BCUT2D eigenvalue weighted by molar-refractivity contribution is 0.0928. The number of nitrogens with zero attached hydrogens (tertiary/aromatic N) is 1. The molecule has 1 heterocycles. The van der Waals surface area contributed by atoms with E-state index in [-0.39, 0.29) is 29.5 Å². The zero-order chi connectivity index (χ0) is 13.7. The Morgan fingerprint density at radius 3 is 2.85 bits per heavy atom. The van der Waals surface area contributed by atoms with Crippen LogP contribution in [0.1, 0.15) is 48.4 Å². The van der Waals surface area contributed by atoms with E-state index in [0.717, 1.165) is 25.7 Å². The fourth-order valence-electron chi connectivity index (χ4n) is 2.41. The number of carbonyl (C=O) groups excluding carboxylic acids is 1. The molecule has 0 radical (unpaired) electrons. The molecule has 0 spiro atoms. The van der Waals surface area contributed by atoms with Gasteiger partial charge in [0.15, 0.2) is 11.5 Å². The second-order valence-electron chi connectivity index (χ2n) is 5.22. The minimum Gasteiger partial charge on any atom is -0.377 e. The first-order chi connectivity index (χ1) is 9.13. The third-order valence-corrected chi connectivity index (χ3v) is 3.53.